The lowest BCUT2D eigenvalue weighted by molar-refractivity contribution is 0.141. The highest BCUT2D eigenvalue weighted by Crippen LogP contribution is 2.26. The van der Waals surface area contributed by atoms with Crippen molar-refractivity contribution in [3.05, 3.63) is 65.5 Å². The lowest BCUT2D eigenvalue weighted by Gasteiger charge is -2.15. The SMILES string of the molecule is OC(CNc1nc(C(F)F)nc2ccccc12)c1c(F)cccc1F. The molecule has 0 aliphatic heterocycles. The van der Waals surface area contributed by atoms with Crippen LogP contribution in [0.4, 0.5) is 23.4 Å². The van der Waals surface area contributed by atoms with Crippen LogP contribution in [0.2, 0.25) is 0 Å². The van der Waals surface area contributed by atoms with Crippen LogP contribution in [0.5, 0.6) is 0 Å². The summed E-state index contributed by atoms with van der Waals surface area (Å²) >= 11 is 0. The number of aliphatic hydroxyl groups is 1. The number of nitrogens with one attached hydrogen (secondary N) is 1. The minimum absolute atomic E-state index is 0.0525. The Labute approximate surface area is 140 Å². The second-order valence-corrected chi connectivity index (χ2v) is 5.28. The van der Waals surface area contributed by atoms with Crippen molar-refractivity contribution in [2.75, 3.05) is 11.9 Å². The summed E-state index contributed by atoms with van der Waals surface area (Å²) in [6.45, 7) is -0.318. The first-order valence-corrected chi connectivity index (χ1v) is 7.38. The summed E-state index contributed by atoms with van der Waals surface area (Å²) in [6.07, 6.45) is -4.40. The lowest BCUT2D eigenvalue weighted by atomic mass is 10.1. The third-order valence-electron chi connectivity index (χ3n) is 3.61. The molecule has 2 N–H and O–H groups in total. The number of rotatable bonds is 5. The van der Waals surface area contributed by atoms with Gasteiger partial charge in [-0.1, -0.05) is 18.2 Å². The molecular formula is C17H13F4N3O. The third-order valence-corrected chi connectivity index (χ3v) is 3.61. The molecule has 3 aromatic rings. The third kappa shape index (κ3) is 3.53. The number of hydrogen-bond donors (Lipinski definition) is 2. The van der Waals surface area contributed by atoms with E-state index in [-0.39, 0.29) is 12.4 Å². The van der Waals surface area contributed by atoms with Gasteiger partial charge in [0, 0.05) is 11.9 Å². The zero-order valence-electron chi connectivity index (χ0n) is 12.8. The second-order valence-electron chi connectivity index (χ2n) is 5.28. The highest BCUT2D eigenvalue weighted by molar-refractivity contribution is 5.89. The highest BCUT2D eigenvalue weighted by Gasteiger charge is 2.19. The van der Waals surface area contributed by atoms with Gasteiger partial charge in [0.2, 0.25) is 0 Å². The summed E-state index contributed by atoms with van der Waals surface area (Å²) in [5.41, 5.74) is -0.204. The summed E-state index contributed by atoms with van der Waals surface area (Å²) in [4.78, 5) is 7.51. The number of benzene rings is 2. The van der Waals surface area contributed by atoms with Gasteiger partial charge in [0.15, 0.2) is 5.82 Å². The van der Waals surface area contributed by atoms with Gasteiger partial charge in [0.1, 0.15) is 23.6 Å². The predicted octanol–water partition coefficient (Wildman–Crippen LogP) is 3.99. The Bertz CT molecular complexity index is 884. The monoisotopic (exact) mass is 351 g/mol. The molecule has 0 bridgehead atoms. The molecule has 0 aliphatic rings. The minimum Gasteiger partial charge on any atom is -0.386 e. The normalized spacial score (nSPS) is 12.6. The molecule has 0 fully saturated rings. The Morgan fingerprint density at radius 1 is 0.960 bits per heavy atom. The molecular weight excluding hydrogens is 338 g/mol. The Hall–Kier alpha value is -2.74. The van der Waals surface area contributed by atoms with Gasteiger partial charge in [0.05, 0.1) is 11.1 Å². The molecule has 0 saturated carbocycles. The molecule has 25 heavy (non-hydrogen) atoms. The van der Waals surface area contributed by atoms with Crippen molar-refractivity contribution in [2.24, 2.45) is 0 Å². The van der Waals surface area contributed by atoms with Gasteiger partial charge in [-0.2, -0.15) is 0 Å². The highest BCUT2D eigenvalue weighted by atomic mass is 19.3. The molecule has 130 valence electrons. The molecule has 8 heteroatoms. The van der Waals surface area contributed by atoms with E-state index in [9.17, 15) is 22.7 Å². The average molecular weight is 351 g/mol. The van der Waals surface area contributed by atoms with Gasteiger partial charge in [0.25, 0.3) is 6.43 Å². The van der Waals surface area contributed by atoms with Crippen LogP contribution in [0.1, 0.15) is 23.9 Å². The predicted molar refractivity (Wildman–Crippen MR) is 84.3 cm³/mol. The van der Waals surface area contributed by atoms with Gasteiger partial charge in [-0.15, -0.1) is 0 Å². The fourth-order valence-corrected chi connectivity index (χ4v) is 2.45. The number of halogens is 4. The van der Waals surface area contributed by atoms with Crippen LogP contribution in [0.3, 0.4) is 0 Å². The molecule has 0 radical (unpaired) electrons. The zero-order valence-corrected chi connectivity index (χ0v) is 12.8. The summed E-state index contributed by atoms with van der Waals surface area (Å²) in [6, 6.07) is 9.70. The minimum atomic E-state index is -2.88. The van der Waals surface area contributed by atoms with Crippen molar-refractivity contribution >= 4 is 16.7 Å². The second kappa shape index (κ2) is 7.02. The number of anilines is 1. The van der Waals surface area contributed by atoms with Gasteiger partial charge in [-0.25, -0.2) is 27.5 Å². The van der Waals surface area contributed by atoms with Crippen LogP contribution < -0.4 is 5.32 Å². The molecule has 0 aliphatic carbocycles. The number of nitrogens with zero attached hydrogens (tertiary/aromatic N) is 2. The molecule has 4 nitrogen and oxygen atoms in total. The van der Waals surface area contributed by atoms with Crippen LogP contribution in [0.15, 0.2) is 42.5 Å². The quantitative estimate of drug-likeness (QED) is 0.683. The van der Waals surface area contributed by atoms with Gasteiger partial charge in [-0.05, 0) is 24.3 Å². The smallest absolute Gasteiger partial charge is 0.297 e. The fourth-order valence-electron chi connectivity index (χ4n) is 2.45. The van der Waals surface area contributed by atoms with Crippen molar-refractivity contribution in [1.29, 1.82) is 0 Å². The summed E-state index contributed by atoms with van der Waals surface area (Å²) < 4.78 is 53.3. The van der Waals surface area contributed by atoms with Crippen molar-refractivity contribution in [3.63, 3.8) is 0 Å². The first kappa shape index (κ1) is 17.1. The Morgan fingerprint density at radius 2 is 1.64 bits per heavy atom. The van der Waals surface area contributed by atoms with E-state index in [1.807, 2.05) is 0 Å². The van der Waals surface area contributed by atoms with E-state index in [1.54, 1.807) is 24.3 Å². The van der Waals surface area contributed by atoms with Crippen LogP contribution in [-0.4, -0.2) is 21.6 Å². The largest absolute Gasteiger partial charge is 0.386 e. The maximum absolute atomic E-state index is 13.7. The van der Waals surface area contributed by atoms with Crippen LogP contribution in [0, 0.1) is 11.6 Å². The Kier molecular flexibility index (Phi) is 4.80. The van der Waals surface area contributed by atoms with E-state index >= 15 is 0 Å². The Morgan fingerprint density at radius 3 is 2.32 bits per heavy atom. The molecule has 0 saturated heterocycles. The van der Waals surface area contributed by atoms with E-state index in [2.05, 4.69) is 15.3 Å². The summed E-state index contributed by atoms with van der Waals surface area (Å²) in [7, 11) is 0. The van der Waals surface area contributed by atoms with Crippen molar-refractivity contribution in [2.45, 2.75) is 12.5 Å². The van der Waals surface area contributed by atoms with Crippen molar-refractivity contribution in [1.82, 2.24) is 9.97 Å². The van der Waals surface area contributed by atoms with Gasteiger partial charge >= 0.3 is 0 Å². The molecule has 1 atom stereocenters. The van der Waals surface area contributed by atoms with Crippen LogP contribution >= 0.6 is 0 Å². The maximum Gasteiger partial charge on any atom is 0.297 e. The van der Waals surface area contributed by atoms with Crippen molar-refractivity contribution in [3.8, 4) is 0 Å². The number of hydrogen-bond acceptors (Lipinski definition) is 4. The number of fused-ring (bicyclic) bond motifs is 1. The molecule has 1 aromatic heterocycles. The average Bonchev–Trinajstić information content (AvgIpc) is 2.59. The Balaban J connectivity index is 1.90. The first-order chi connectivity index (χ1) is 12.0. The molecule has 0 amide bonds. The van der Waals surface area contributed by atoms with Gasteiger partial charge in [-0.3, -0.25) is 0 Å². The van der Waals surface area contributed by atoms with E-state index in [0.717, 1.165) is 12.1 Å². The number of alkyl halides is 2. The number of aromatic nitrogens is 2. The molecule has 1 heterocycles. The number of para-hydroxylation sites is 1. The fraction of sp³-hybridized carbons (Fsp3) is 0.176. The number of aliphatic hydroxyl groups excluding tert-OH is 1. The van der Waals surface area contributed by atoms with Crippen LogP contribution in [0.25, 0.3) is 10.9 Å². The zero-order chi connectivity index (χ0) is 18.0. The van der Waals surface area contributed by atoms with Crippen molar-refractivity contribution < 1.29 is 22.7 Å². The van der Waals surface area contributed by atoms with E-state index < -0.39 is 35.6 Å². The maximum atomic E-state index is 13.7. The lowest BCUT2D eigenvalue weighted by Crippen LogP contribution is -2.16. The topological polar surface area (TPSA) is 58.0 Å². The van der Waals surface area contributed by atoms with Crippen LogP contribution in [-0.2, 0) is 0 Å². The molecule has 0 spiro atoms. The van der Waals surface area contributed by atoms with E-state index in [0.29, 0.717) is 10.9 Å². The standard InChI is InChI=1S/C17H13F4N3O/c18-10-5-3-6-11(19)14(10)13(25)8-22-16-9-4-1-2-7-12(9)23-17(24-16)15(20)21/h1-7,13,15,25H,8H2,(H,22,23,24). The first-order valence-electron chi connectivity index (χ1n) is 7.38. The summed E-state index contributed by atoms with van der Waals surface area (Å²) in [5.74, 6) is -2.41. The van der Waals surface area contributed by atoms with E-state index in [1.165, 1.54) is 6.07 Å². The molecule has 1 unspecified atom stereocenters. The van der Waals surface area contributed by atoms with E-state index in [4.69, 9.17) is 0 Å². The van der Waals surface area contributed by atoms with Gasteiger partial charge < -0.3 is 10.4 Å². The molecule has 2 aromatic carbocycles. The molecule has 3 rings (SSSR count). The summed E-state index contributed by atoms with van der Waals surface area (Å²) in [5, 5.41) is 13.2.